The average Bonchev–Trinajstić information content (AvgIpc) is 2.90. The van der Waals surface area contributed by atoms with Gasteiger partial charge in [-0.1, -0.05) is 0 Å². The van der Waals surface area contributed by atoms with E-state index < -0.39 is 6.10 Å². The number of hydrogen-bond donors (Lipinski definition) is 2. The minimum atomic E-state index is -0.548. The van der Waals surface area contributed by atoms with Crippen LogP contribution in [0.5, 0.6) is 0 Å². The number of hydrogen-bond acceptors (Lipinski definition) is 5. The van der Waals surface area contributed by atoms with Crippen molar-refractivity contribution in [3.8, 4) is 5.69 Å². The largest absolute Gasteiger partial charge is 0.390 e. The Labute approximate surface area is 103 Å². The van der Waals surface area contributed by atoms with Crippen molar-refractivity contribution in [2.24, 2.45) is 0 Å². The number of rotatable bonds is 5. The van der Waals surface area contributed by atoms with Crippen molar-refractivity contribution in [2.75, 3.05) is 17.7 Å². The standard InChI is InChI=1S/C10H12ClN5O/c11-5-10(17)6-12-8-1-3-9(4-2-8)16-14-7-13-15-16/h1-4,7,10,12,17H,5-6H2. The van der Waals surface area contributed by atoms with E-state index in [1.54, 1.807) is 0 Å². The van der Waals surface area contributed by atoms with E-state index in [0.29, 0.717) is 6.54 Å². The minimum absolute atomic E-state index is 0.216. The SMILES string of the molecule is OC(CCl)CNc1ccc(-n2ncnn2)cc1. The number of aliphatic hydroxyl groups is 1. The highest BCUT2D eigenvalue weighted by molar-refractivity contribution is 6.18. The highest BCUT2D eigenvalue weighted by Gasteiger charge is 2.02. The molecule has 1 heterocycles. The molecule has 2 rings (SSSR count). The van der Waals surface area contributed by atoms with Gasteiger partial charge in [-0.2, -0.15) is 0 Å². The Balaban J connectivity index is 1.99. The maximum absolute atomic E-state index is 9.30. The highest BCUT2D eigenvalue weighted by atomic mass is 35.5. The maximum Gasteiger partial charge on any atom is 0.162 e. The monoisotopic (exact) mass is 253 g/mol. The van der Waals surface area contributed by atoms with Gasteiger partial charge in [0, 0.05) is 12.2 Å². The Morgan fingerprint density at radius 1 is 1.35 bits per heavy atom. The van der Waals surface area contributed by atoms with Crippen LogP contribution in [0.1, 0.15) is 0 Å². The molecule has 17 heavy (non-hydrogen) atoms. The van der Waals surface area contributed by atoms with Crippen LogP contribution in [-0.2, 0) is 0 Å². The van der Waals surface area contributed by atoms with E-state index in [2.05, 4.69) is 20.7 Å². The second-order valence-corrected chi connectivity index (χ2v) is 3.77. The van der Waals surface area contributed by atoms with Gasteiger partial charge in [0.1, 0.15) is 0 Å². The number of halogens is 1. The highest BCUT2D eigenvalue weighted by Crippen LogP contribution is 2.11. The van der Waals surface area contributed by atoms with Crippen molar-refractivity contribution in [2.45, 2.75) is 6.10 Å². The molecule has 0 bridgehead atoms. The number of alkyl halides is 1. The Hall–Kier alpha value is -1.66. The van der Waals surface area contributed by atoms with E-state index in [-0.39, 0.29) is 5.88 Å². The fourth-order valence-corrected chi connectivity index (χ4v) is 1.40. The third-order valence-electron chi connectivity index (χ3n) is 2.17. The Morgan fingerprint density at radius 3 is 2.71 bits per heavy atom. The van der Waals surface area contributed by atoms with Gasteiger partial charge in [0.2, 0.25) is 0 Å². The van der Waals surface area contributed by atoms with Crippen LogP contribution in [0.2, 0.25) is 0 Å². The molecule has 7 heteroatoms. The molecule has 0 fully saturated rings. The van der Waals surface area contributed by atoms with Crippen LogP contribution < -0.4 is 5.32 Å². The summed E-state index contributed by atoms with van der Waals surface area (Å²) in [5.74, 6) is 0.216. The second-order valence-electron chi connectivity index (χ2n) is 3.46. The summed E-state index contributed by atoms with van der Waals surface area (Å²) < 4.78 is 0. The summed E-state index contributed by atoms with van der Waals surface area (Å²) in [6.07, 6.45) is 0.830. The van der Waals surface area contributed by atoms with Gasteiger partial charge in [0.15, 0.2) is 6.33 Å². The Morgan fingerprint density at radius 2 is 2.12 bits per heavy atom. The molecule has 2 aromatic rings. The van der Waals surface area contributed by atoms with Gasteiger partial charge in [0.25, 0.3) is 0 Å². The summed E-state index contributed by atoms with van der Waals surface area (Å²) in [7, 11) is 0. The van der Waals surface area contributed by atoms with Crippen molar-refractivity contribution in [1.82, 2.24) is 20.2 Å². The molecule has 0 saturated carbocycles. The number of aliphatic hydroxyl groups excluding tert-OH is 1. The normalized spacial score (nSPS) is 12.4. The number of aromatic nitrogens is 4. The lowest BCUT2D eigenvalue weighted by molar-refractivity contribution is 0.211. The first kappa shape index (κ1) is 11.8. The first-order valence-corrected chi connectivity index (χ1v) is 5.64. The van der Waals surface area contributed by atoms with E-state index in [1.165, 1.54) is 11.1 Å². The van der Waals surface area contributed by atoms with Crippen molar-refractivity contribution < 1.29 is 5.11 Å². The molecule has 0 aliphatic rings. The van der Waals surface area contributed by atoms with E-state index >= 15 is 0 Å². The van der Waals surface area contributed by atoms with Crippen molar-refractivity contribution in [3.05, 3.63) is 30.6 Å². The molecular formula is C10H12ClN5O. The molecule has 0 saturated heterocycles. The molecule has 6 nitrogen and oxygen atoms in total. The molecule has 0 amide bonds. The lowest BCUT2D eigenvalue weighted by Gasteiger charge is -2.10. The van der Waals surface area contributed by atoms with Gasteiger partial charge in [-0.15, -0.1) is 26.6 Å². The molecule has 1 aromatic heterocycles. The van der Waals surface area contributed by atoms with Crippen LogP contribution in [-0.4, -0.2) is 43.8 Å². The number of nitrogens with zero attached hydrogens (tertiary/aromatic N) is 4. The molecule has 0 aliphatic carbocycles. The predicted molar refractivity (Wildman–Crippen MR) is 64.4 cm³/mol. The second kappa shape index (κ2) is 5.60. The van der Waals surface area contributed by atoms with E-state index in [4.69, 9.17) is 11.6 Å². The third-order valence-corrected chi connectivity index (χ3v) is 2.52. The van der Waals surface area contributed by atoms with Gasteiger partial charge in [-0.25, -0.2) is 0 Å². The van der Waals surface area contributed by atoms with Gasteiger partial charge in [-0.05, 0) is 29.5 Å². The Kier molecular flexibility index (Phi) is 3.89. The topological polar surface area (TPSA) is 75.9 Å². The van der Waals surface area contributed by atoms with Crippen LogP contribution in [0, 0.1) is 0 Å². The van der Waals surface area contributed by atoms with Crippen LogP contribution in [0.3, 0.4) is 0 Å². The van der Waals surface area contributed by atoms with E-state index in [9.17, 15) is 5.11 Å². The lowest BCUT2D eigenvalue weighted by atomic mass is 10.2. The van der Waals surface area contributed by atoms with Crippen LogP contribution in [0.15, 0.2) is 30.6 Å². The summed E-state index contributed by atoms with van der Waals surface area (Å²) in [6.45, 7) is 0.421. The number of tetrazole rings is 1. The first-order valence-electron chi connectivity index (χ1n) is 5.11. The maximum atomic E-state index is 9.30. The fraction of sp³-hybridized carbons (Fsp3) is 0.300. The van der Waals surface area contributed by atoms with Gasteiger partial charge < -0.3 is 10.4 Å². The molecule has 90 valence electrons. The summed E-state index contributed by atoms with van der Waals surface area (Å²) >= 11 is 5.49. The van der Waals surface area contributed by atoms with Crippen molar-refractivity contribution in [3.63, 3.8) is 0 Å². The quantitative estimate of drug-likeness (QED) is 0.766. The zero-order valence-electron chi connectivity index (χ0n) is 8.99. The molecule has 0 aliphatic heterocycles. The van der Waals surface area contributed by atoms with Crippen LogP contribution in [0.4, 0.5) is 5.69 Å². The van der Waals surface area contributed by atoms with Crippen molar-refractivity contribution >= 4 is 17.3 Å². The summed E-state index contributed by atoms with van der Waals surface area (Å²) in [6, 6.07) is 7.47. The van der Waals surface area contributed by atoms with Gasteiger partial charge in [-0.3, -0.25) is 0 Å². The predicted octanol–water partition coefficient (Wildman–Crippen LogP) is 0.674. The average molecular weight is 254 g/mol. The number of nitrogens with one attached hydrogen (secondary N) is 1. The molecule has 1 aromatic carbocycles. The molecule has 1 unspecified atom stereocenters. The van der Waals surface area contributed by atoms with Crippen LogP contribution in [0.25, 0.3) is 5.69 Å². The molecule has 2 N–H and O–H groups in total. The summed E-state index contributed by atoms with van der Waals surface area (Å²) in [4.78, 5) is 1.43. The first-order chi connectivity index (χ1) is 8.29. The van der Waals surface area contributed by atoms with Gasteiger partial charge >= 0.3 is 0 Å². The molecular weight excluding hydrogens is 242 g/mol. The number of benzene rings is 1. The van der Waals surface area contributed by atoms with Crippen molar-refractivity contribution in [1.29, 1.82) is 0 Å². The zero-order chi connectivity index (χ0) is 12.1. The third kappa shape index (κ3) is 3.15. The Bertz CT molecular complexity index is 444. The smallest absolute Gasteiger partial charge is 0.162 e. The van der Waals surface area contributed by atoms with Gasteiger partial charge in [0.05, 0.1) is 17.7 Å². The fourth-order valence-electron chi connectivity index (χ4n) is 1.29. The molecule has 0 spiro atoms. The lowest BCUT2D eigenvalue weighted by Crippen LogP contribution is -2.20. The number of anilines is 1. The van der Waals surface area contributed by atoms with Crippen LogP contribution >= 0.6 is 11.6 Å². The summed E-state index contributed by atoms with van der Waals surface area (Å²) in [5.41, 5.74) is 1.73. The minimum Gasteiger partial charge on any atom is -0.390 e. The molecule has 0 radical (unpaired) electrons. The van der Waals surface area contributed by atoms with E-state index in [0.717, 1.165) is 11.4 Å². The molecule has 1 atom stereocenters. The summed E-state index contributed by atoms with van der Waals surface area (Å²) in [5, 5.41) is 23.7. The zero-order valence-corrected chi connectivity index (χ0v) is 9.75. The van der Waals surface area contributed by atoms with E-state index in [1.807, 2.05) is 24.3 Å².